The second-order valence-corrected chi connectivity index (χ2v) is 7.13. The smallest absolute Gasteiger partial charge is 0.322 e. The monoisotopic (exact) mass is 449 g/mol. The number of carbonyl (C=O) groups is 2. The maximum Gasteiger partial charge on any atom is 0.416 e. The van der Waals surface area contributed by atoms with E-state index < -0.39 is 29.4 Å². The summed E-state index contributed by atoms with van der Waals surface area (Å²) in [6.07, 6.45) is -2.00. The van der Waals surface area contributed by atoms with Gasteiger partial charge in [-0.3, -0.25) is 14.5 Å². The first kappa shape index (κ1) is 22.2. The van der Waals surface area contributed by atoms with Crippen LogP contribution in [0.25, 0.3) is 6.08 Å². The molecule has 0 saturated heterocycles. The highest BCUT2D eigenvalue weighted by Gasteiger charge is 2.31. The first-order valence-corrected chi connectivity index (χ1v) is 9.69. The van der Waals surface area contributed by atoms with E-state index in [0.717, 1.165) is 34.4 Å². The van der Waals surface area contributed by atoms with Crippen molar-refractivity contribution in [3.8, 4) is 0 Å². The molecule has 1 aromatic heterocycles. The van der Waals surface area contributed by atoms with Crippen LogP contribution < -0.4 is 10.2 Å². The molecule has 3 aromatic rings. The number of hydrogen-bond donors (Lipinski definition) is 1. The Morgan fingerprint density at radius 2 is 1.87 bits per heavy atom. The van der Waals surface area contributed by atoms with Crippen LogP contribution >= 0.6 is 11.3 Å². The van der Waals surface area contributed by atoms with Crippen molar-refractivity contribution in [2.75, 3.05) is 10.2 Å². The largest absolute Gasteiger partial charge is 0.416 e. The van der Waals surface area contributed by atoms with Crippen molar-refractivity contribution in [1.82, 2.24) is 4.98 Å². The highest BCUT2D eigenvalue weighted by molar-refractivity contribution is 7.14. The van der Waals surface area contributed by atoms with E-state index in [2.05, 4.69) is 10.3 Å². The van der Waals surface area contributed by atoms with Crippen molar-refractivity contribution < 1.29 is 27.2 Å². The molecule has 0 unspecified atom stereocenters. The molecule has 10 heteroatoms. The van der Waals surface area contributed by atoms with Gasteiger partial charge in [0.25, 0.3) is 0 Å². The van der Waals surface area contributed by atoms with Crippen LogP contribution in [0.15, 0.2) is 60.0 Å². The van der Waals surface area contributed by atoms with Crippen LogP contribution in [-0.2, 0) is 15.8 Å². The lowest BCUT2D eigenvalue weighted by atomic mass is 10.2. The zero-order valence-electron chi connectivity index (χ0n) is 16.0. The SMILES string of the molecule is CC(=O)N(c1cccc(C(F)(F)F)c1)c1nc(/C=C/C(=O)Nc2cccc(F)c2)cs1. The third-order valence-corrected chi connectivity index (χ3v) is 4.79. The molecular weight excluding hydrogens is 434 g/mol. The van der Waals surface area contributed by atoms with Gasteiger partial charge in [-0.25, -0.2) is 9.37 Å². The molecule has 0 fully saturated rings. The Labute approximate surface area is 178 Å². The van der Waals surface area contributed by atoms with E-state index in [4.69, 9.17) is 0 Å². The number of rotatable bonds is 5. The lowest BCUT2D eigenvalue weighted by Crippen LogP contribution is -2.23. The number of alkyl halides is 3. The third kappa shape index (κ3) is 5.76. The Morgan fingerprint density at radius 3 is 2.55 bits per heavy atom. The van der Waals surface area contributed by atoms with E-state index in [9.17, 15) is 27.2 Å². The molecule has 0 aliphatic carbocycles. The molecule has 2 aromatic carbocycles. The first-order valence-electron chi connectivity index (χ1n) is 8.81. The molecule has 0 saturated carbocycles. The molecule has 0 aliphatic rings. The van der Waals surface area contributed by atoms with Gasteiger partial charge in [-0.15, -0.1) is 11.3 Å². The van der Waals surface area contributed by atoms with Crippen LogP contribution in [0.4, 0.5) is 34.1 Å². The fraction of sp³-hybridized carbons (Fsp3) is 0.0952. The number of halogens is 4. The molecule has 2 amide bonds. The number of carbonyl (C=O) groups excluding carboxylic acids is 2. The Kier molecular flexibility index (Phi) is 6.50. The molecule has 5 nitrogen and oxygen atoms in total. The van der Waals surface area contributed by atoms with E-state index in [1.54, 1.807) is 5.38 Å². The minimum Gasteiger partial charge on any atom is -0.322 e. The zero-order valence-corrected chi connectivity index (χ0v) is 16.8. The standard InChI is InChI=1S/C21H15F4N3O2S/c1-13(29)28(18-7-2-4-14(10-18)21(23,24)25)20-27-17(12-31-20)8-9-19(30)26-16-6-3-5-15(22)11-16/h2-12H,1H3,(H,26,30)/b9-8+. The predicted molar refractivity (Wildman–Crippen MR) is 110 cm³/mol. The van der Waals surface area contributed by atoms with E-state index in [-0.39, 0.29) is 16.5 Å². The number of nitrogens with one attached hydrogen (secondary N) is 1. The molecule has 0 aliphatic heterocycles. The van der Waals surface area contributed by atoms with Crippen LogP contribution in [0.1, 0.15) is 18.2 Å². The van der Waals surface area contributed by atoms with E-state index in [1.165, 1.54) is 49.4 Å². The minimum absolute atomic E-state index is 0.0241. The first-order chi connectivity index (χ1) is 14.6. The zero-order chi connectivity index (χ0) is 22.6. The molecular formula is C21H15F4N3O2S. The lowest BCUT2D eigenvalue weighted by Gasteiger charge is -2.19. The number of anilines is 3. The normalized spacial score (nSPS) is 11.5. The molecule has 0 bridgehead atoms. The Bertz CT molecular complexity index is 1140. The Balaban J connectivity index is 1.78. The second kappa shape index (κ2) is 9.09. The van der Waals surface area contributed by atoms with Crippen LogP contribution in [0.5, 0.6) is 0 Å². The van der Waals surface area contributed by atoms with Gasteiger partial charge in [-0.1, -0.05) is 12.1 Å². The van der Waals surface area contributed by atoms with Crippen molar-refractivity contribution in [2.24, 2.45) is 0 Å². The van der Waals surface area contributed by atoms with Gasteiger partial charge in [0, 0.05) is 24.1 Å². The van der Waals surface area contributed by atoms with Crippen molar-refractivity contribution in [3.63, 3.8) is 0 Å². The van der Waals surface area contributed by atoms with Crippen molar-refractivity contribution in [2.45, 2.75) is 13.1 Å². The molecule has 160 valence electrons. The van der Waals surface area contributed by atoms with Gasteiger partial charge in [0.1, 0.15) is 5.82 Å². The fourth-order valence-electron chi connectivity index (χ4n) is 2.61. The van der Waals surface area contributed by atoms with E-state index in [1.807, 2.05) is 0 Å². The van der Waals surface area contributed by atoms with Gasteiger partial charge in [0.15, 0.2) is 5.13 Å². The summed E-state index contributed by atoms with van der Waals surface area (Å²) in [5.74, 6) is -1.54. The Hall–Kier alpha value is -3.53. The summed E-state index contributed by atoms with van der Waals surface area (Å²) >= 11 is 1.03. The van der Waals surface area contributed by atoms with E-state index in [0.29, 0.717) is 5.69 Å². The Morgan fingerprint density at radius 1 is 1.13 bits per heavy atom. The summed E-state index contributed by atoms with van der Waals surface area (Å²) in [6, 6.07) is 9.74. The number of benzene rings is 2. The molecule has 31 heavy (non-hydrogen) atoms. The van der Waals surface area contributed by atoms with E-state index >= 15 is 0 Å². The van der Waals surface area contributed by atoms with Crippen molar-refractivity contribution in [1.29, 1.82) is 0 Å². The highest BCUT2D eigenvalue weighted by Crippen LogP contribution is 2.35. The fourth-order valence-corrected chi connectivity index (χ4v) is 3.47. The molecule has 1 N–H and O–H groups in total. The van der Waals surface area contributed by atoms with Crippen LogP contribution in [0, 0.1) is 5.82 Å². The average molecular weight is 449 g/mol. The van der Waals surface area contributed by atoms with Crippen LogP contribution in [0.3, 0.4) is 0 Å². The van der Waals surface area contributed by atoms with Crippen LogP contribution in [0.2, 0.25) is 0 Å². The molecule has 1 heterocycles. The summed E-state index contributed by atoms with van der Waals surface area (Å²) in [5.41, 5.74) is -0.258. The molecule has 0 radical (unpaired) electrons. The summed E-state index contributed by atoms with van der Waals surface area (Å²) in [4.78, 5) is 29.4. The van der Waals surface area contributed by atoms with Gasteiger partial charge >= 0.3 is 6.18 Å². The molecule has 0 spiro atoms. The quantitative estimate of drug-likeness (QED) is 0.405. The second-order valence-electron chi connectivity index (χ2n) is 6.29. The average Bonchev–Trinajstić information content (AvgIpc) is 3.14. The summed E-state index contributed by atoms with van der Waals surface area (Å²) < 4.78 is 52.2. The van der Waals surface area contributed by atoms with Crippen molar-refractivity contribution >= 4 is 45.7 Å². The van der Waals surface area contributed by atoms with Crippen LogP contribution in [-0.4, -0.2) is 16.8 Å². The minimum atomic E-state index is -4.55. The maximum atomic E-state index is 13.2. The summed E-state index contributed by atoms with van der Waals surface area (Å²) in [7, 11) is 0. The lowest BCUT2D eigenvalue weighted by molar-refractivity contribution is -0.137. The van der Waals surface area contributed by atoms with Crippen molar-refractivity contribution in [3.05, 3.63) is 77.1 Å². The number of hydrogen-bond acceptors (Lipinski definition) is 4. The highest BCUT2D eigenvalue weighted by atomic mass is 32.1. The summed E-state index contributed by atoms with van der Waals surface area (Å²) in [6.45, 7) is 1.21. The number of aromatic nitrogens is 1. The predicted octanol–water partition coefficient (Wildman–Crippen LogP) is 5.64. The summed E-state index contributed by atoms with van der Waals surface area (Å²) in [5, 5.41) is 4.18. The number of amides is 2. The van der Waals surface area contributed by atoms with Gasteiger partial charge in [-0.2, -0.15) is 13.2 Å². The maximum absolute atomic E-state index is 13.2. The van der Waals surface area contributed by atoms with Gasteiger partial charge in [0.2, 0.25) is 11.8 Å². The van der Waals surface area contributed by atoms with Gasteiger partial charge < -0.3 is 5.32 Å². The molecule has 3 rings (SSSR count). The topological polar surface area (TPSA) is 62.3 Å². The molecule has 0 atom stereocenters. The third-order valence-electron chi connectivity index (χ3n) is 3.95. The number of thiazole rings is 1. The van der Waals surface area contributed by atoms with Gasteiger partial charge in [-0.05, 0) is 42.5 Å². The van der Waals surface area contributed by atoms with Gasteiger partial charge in [0.05, 0.1) is 16.9 Å². The number of nitrogens with zero attached hydrogens (tertiary/aromatic N) is 2.